The SMILES string of the molecule is COc1cc(F)cc(C=NNc2ccccc2)c1. The van der Waals surface area contributed by atoms with Gasteiger partial charge >= 0.3 is 0 Å². The number of hydrogen-bond donors (Lipinski definition) is 1. The van der Waals surface area contributed by atoms with Crippen molar-refractivity contribution in [2.45, 2.75) is 0 Å². The maximum Gasteiger partial charge on any atom is 0.127 e. The summed E-state index contributed by atoms with van der Waals surface area (Å²) >= 11 is 0. The van der Waals surface area contributed by atoms with Crippen molar-refractivity contribution in [1.82, 2.24) is 0 Å². The Labute approximate surface area is 105 Å². The van der Waals surface area contributed by atoms with Crippen LogP contribution in [-0.2, 0) is 0 Å². The molecule has 0 aliphatic heterocycles. The van der Waals surface area contributed by atoms with E-state index in [1.807, 2.05) is 30.3 Å². The molecule has 2 aromatic carbocycles. The first-order valence-corrected chi connectivity index (χ1v) is 5.46. The van der Waals surface area contributed by atoms with Gasteiger partial charge in [-0.2, -0.15) is 5.10 Å². The Morgan fingerprint density at radius 2 is 1.94 bits per heavy atom. The Balaban J connectivity index is 2.07. The van der Waals surface area contributed by atoms with Gasteiger partial charge in [0.25, 0.3) is 0 Å². The van der Waals surface area contributed by atoms with Gasteiger partial charge in [0.15, 0.2) is 0 Å². The lowest BCUT2D eigenvalue weighted by molar-refractivity contribution is 0.411. The number of nitrogens with zero attached hydrogens (tertiary/aromatic N) is 1. The topological polar surface area (TPSA) is 33.6 Å². The van der Waals surface area contributed by atoms with Crippen molar-refractivity contribution in [3.63, 3.8) is 0 Å². The molecule has 0 heterocycles. The van der Waals surface area contributed by atoms with Crippen molar-refractivity contribution in [3.8, 4) is 5.75 Å². The Morgan fingerprint density at radius 1 is 1.17 bits per heavy atom. The van der Waals surface area contributed by atoms with E-state index in [9.17, 15) is 4.39 Å². The average molecular weight is 244 g/mol. The summed E-state index contributed by atoms with van der Waals surface area (Å²) in [6.45, 7) is 0. The van der Waals surface area contributed by atoms with Crippen molar-refractivity contribution in [3.05, 3.63) is 59.9 Å². The molecule has 0 unspecified atom stereocenters. The fraction of sp³-hybridized carbons (Fsp3) is 0.0714. The van der Waals surface area contributed by atoms with Crippen molar-refractivity contribution in [2.24, 2.45) is 5.10 Å². The summed E-state index contributed by atoms with van der Waals surface area (Å²) < 4.78 is 18.2. The van der Waals surface area contributed by atoms with E-state index in [2.05, 4.69) is 10.5 Å². The lowest BCUT2D eigenvalue weighted by Gasteiger charge is -2.02. The van der Waals surface area contributed by atoms with Gasteiger partial charge < -0.3 is 4.74 Å². The highest BCUT2D eigenvalue weighted by molar-refractivity contribution is 5.80. The molecule has 0 aliphatic rings. The Kier molecular flexibility index (Phi) is 3.91. The molecule has 0 bridgehead atoms. The molecule has 0 aliphatic carbocycles. The van der Waals surface area contributed by atoms with Crippen molar-refractivity contribution in [2.75, 3.05) is 12.5 Å². The van der Waals surface area contributed by atoms with Crippen molar-refractivity contribution >= 4 is 11.9 Å². The van der Waals surface area contributed by atoms with Crippen LogP contribution in [0.25, 0.3) is 0 Å². The minimum absolute atomic E-state index is 0.351. The van der Waals surface area contributed by atoms with Crippen LogP contribution in [0.1, 0.15) is 5.56 Å². The number of methoxy groups -OCH3 is 1. The molecular weight excluding hydrogens is 231 g/mol. The molecule has 0 aromatic heterocycles. The van der Waals surface area contributed by atoms with Gasteiger partial charge in [-0.3, -0.25) is 5.43 Å². The molecule has 0 saturated carbocycles. The van der Waals surface area contributed by atoms with E-state index in [4.69, 9.17) is 4.74 Å². The van der Waals surface area contributed by atoms with Gasteiger partial charge in [-0.25, -0.2) is 4.39 Å². The first-order chi connectivity index (χ1) is 8.78. The Morgan fingerprint density at radius 3 is 2.67 bits per heavy atom. The van der Waals surface area contributed by atoms with Gasteiger partial charge in [0, 0.05) is 11.6 Å². The van der Waals surface area contributed by atoms with E-state index in [0.29, 0.717) is 11.3 Å². The van der Waals surface area contributed by atoms with Crippen LogP contribution in [0.2, 0.25) is 0 Å². The molecule has 0 fully saturated rings. The summed E-state index contributed by atoms with van der Waals surface area (Å²) in [4.78, 5) is 0. The monoisotopic (exact) mass is 244 g/mol. The maximum absolute atomic E-state index is 13.2. The maximum atomic E-state index is 13.2. The van der Waals surface area contributed by atoms with Crippen LogP contribution in [0.4, 0.5) is 10.1 Å². The summed E-state index contributed by atoms with van der Waals surface area (Å²) in [5, 5.41) is 4.03. The second-order valence-corrected chi connectivity index (χ2v) is 3.66. The lowest BCUT2D eigenvalue weighted by Crippen LogP contribution is -1.92. The van der Waals surface area contributed by atoms with Gasteiger partial charge in [-0.15, -0.1) is 0 Å². The highest BCUT2D eigenvalue weighted by Gasteiger charge is 1.98. The largest absolute Gasteiger partial charge is 0.497 e. The average Bonchev–Trinajstić information content (AvgIpc) is 2.39. The summed E-state index contributed by atoms with van der Waals surface area (Å²) in [5.41, 5.74) is 4.36. The molecule has 4 heteroatoms. The van der Waals surface area contributed by atoms with Crippen LogP contribution in [0.15, 0.2) is 53.6 Å². The van der Waals surface area contributed by atoms with E-state index in [1.54, 1.807) is 12.3 Å². The Bertz CT molecular complexity index is 541. The van der Waals surface area contributed by atoms with Crippen LogP contribution in [0.3, 0.4) is 0 Å². The molecular formula is C14H13FN2O. The minimum atomic E-state index is -0.351. The van der Waals surface area contributed by atoms with E-state index < -0.39 is 0 Å². The van der Waals surface area contributed by atoms with E-state index in [0.717, 1.165) is 5.69 Å². The molecule has 2 aromatic rings. The number of benzene rings is 2. The number of para-hydroxylation sites is 1. The summed E-state index contributed by atoms with van der Waals surface area (Å²) in [6, 6.07) is 13.9. The van der Waals surface area contributed by atoms with Crippen LogP contribution in [-0.4, -0.2) is 13.3 Å². The van der Waals surface area contributed by atoms with Crippen molar-refractivity contribution in [1.29, 1.82) is 0 Å². The van der Waals surface area contributed by atoms with Gasteiger partial charge in [-0.05, 0) is 24.3 Å². The van der Waals surface area contributed by atoms with Gasteiger partial charge in [0.05, 0.1) is 19.0 Å². The summed E-state index contributed by atoms with van der Waals surface area (Å²) in [5.74, 6) is 0.117. The van der Waals surface area contributed by atoms with Crippen LogP contribution >= 0.6 is 0 Å². The molecule has 18 heavy (non-hydrogen) atoms. The quantitative estimate of drug-likeness (QED) is 0.661. The number of rotatable bonds is 4. The number of hydrazone groups is 1. The molecule has 0 spiro atoms. The molecule has 0 saturated heterocycles. The minimum Gasteiger partial charge on any atom is -0.497 e. The number of halogens is 1. The number of nitrogens with one attached hydrogen (secondary N) is 1. The predicted octanol–water partition coefficient (Wildman–Crippen LogP) is 3.28. The van der Waals surface area contributed by atoms with Gasteiger partial charge in [-0.1, -0.05) is 18.2 Å². The van der Waals surface area contributed by atoms with E-state index in [-0.39, 0.29) is 5.82 Å². The van der Waals surface area contributed by atoms with E-state index >= 15 is 0 Å². The smallest absolute Gasteiger partial charge is 0.127 e. The third kappa shape index (κ3) is 3.31. The summed E-state index contributed by atoms with van der Waals surface area (Å²) in [6.07, 6.45) is 1.54. The molecule has 1 N–H and O–H groups in total. The molecule has 0 amide bonds. The summed E-state index contributed by atoms with van der Waals surface area (Å²) in [7, 11) is 1.50. The van der Waals surface area contributed by atoms with E-state index in [1.165, 1.54) is 19.2 Å². The fourth-order valence-corrected chi connectivity index (χ4v) is 1.47. The molecule has 0 radical (unpaired) electrons. The highest BCUT2D eigenvalue weighted by Crippen LogP contribution is 2.14. The first-order valence-electron chi connectivity index (χ1n) is 5.46. The Hall–Kier alpha value is -2.36. The fourth-order valence-electron chi connectivity index (χ4n) is 1.47. The normalized spacial score (nSPS) is 10.6. The molecule has 3 nitrogen and oxygen atoms in total. The lowest BCUT2D eigenvalue weighted by atomic mass is 10.2. The molecule has 92 valence electrons. The number of hydrogen-bond acceptors (Lipinski definition) is 3. The van der Waals surface area contributed by atoms with Crippen LogP contribution < -0.4 is 10.2 Å². The van der Waals surface area contributed by atoms with Crippen LogP contribution in [0.5, 0.6) is 5.75 Å². The van der Waals surface area contributed by atoms with Crippen LogP contribution in [0, 0.1) is 5.82 Å². The van der Waals surface area contributed by atoms with Gasteiger partial charge in [0.1, 0.15) is 11.6 Å². The zero-order valence-electron chi connectivity index (χ0n) is 9.93. The predicted molar refractivity (Wildman–Crippen MR) is 70.6 cm³/mol. The van der Waals surface area contributed by atoms with Crippen molar-refractivity contribution < 1.29 is 9.13 Å². The number of ether oxygens (including phenoxy) is 1. The second-order valence-electron chi connectivity index (χ2n) is 3.66. The molecule has 2 rings (SSSR count). The second kappa shape index (κ2) is 5.82. The third-order valence-corrected chi connectivity index (χ3v) is 2.31. The zero-order chi connectivity index (χ0) is 12.8. The highest BCUT2D eigenvalue weighted by atomic mass is 19.1. The van der Waals surface area contributed by atoms with Gasteiger partial charge in [0.2, 0.25) is 0 Å². The number of anilines is 1. The zero-order valence-corrected chi connectivity index (χ0v) is 9.93. The third-order valence-electron chi connectivity index (χ3n) is 2.31. The first kappa shape index (κ1) is 12.1. The standard InChI is InChI=1S/C14H13FN2O/c1-18-14-8-11(7-12(15)9-14)10-16-17-13-5-3-2-4-6-13/h2-10,17H,1H3. The molecule has 0 atom stereocenters.